The number of hydrogen-bond acceptors (Lipinski definition) is 2. The number of benzene rings is 1. The number of halogens is 1. The van der Waals surface area contributed by atoms with Gasteiger partial charge in [0.25, 0.3) is 0 Å². The quantitative estimate of drug-likeness (QED) is 0.932. The summed E-state index contributed by atoms with van der Waals surface area (Å²) in [6.45, 7) is 2.63. The fourth-order valence-corrected chi connectivity index (χ4v) is 2.64. The van der Waals surface area contributed by atoms with E-state index in [9.17, 15) is 14.7 Å². The van der Waals surface area contributed by atoms with E-state index in [1.165, 1.54) is 0 Å². The predicted octanol–water partition coefficient (Wildman–Crippen LogP) is 2.60. The summed E-state index contributed by atoms with van der Waals surface area (Å²) in [5, 5.41) is 9.90. The highest BCUT2D eigenvalue weighted by molar-refractivity contribution is 6.30. The molecule has 1 saturated heterocycles. The highest BCUT2D eigenvalue weighted by atomic mass is 35.5. The van der Waals surface area contributed by atoms with Crippen molar-refractivity contribution >= 4 is 23.5 Å². The first-order valence-corrected chi connectivity index (χ1v) is 7.04. The average molecular weight is 296 g/mol. The van der Waals surface area contributed by atoms with Gasteiger partial charge in [0.15, 0.2) is 0 Å². The number of nitrogens with zero attached hydrogens (tertiary/aromatic N) is 1. The highest BCUT2D eigenvalue weighted by Gasteiger charge is 2.39. The summed E-state index contributed by atoms with van der Waals surface area (Å²) in [5.74, 6) is -0.860. The number of carbonyl (C=O) groups excluding carboxylic acids is 1. The summed E-state index contributed by atoms with van der Waals surface area (Å²) in [6, 6.07) is 7.14. The molecule has 1 amide bonds. The Bertz CT molecular complexity index is 514. The van der Waals surface area contributed by atoms with E-state index in [1.807, 2.05) is 12.1 Å². The number of aliphatic carboxylic acids is 1. The number of carbonyl (C=O) groups is 2. The second-order valence-electron chi connectivity index (χ2n) is 5.59. The number of carboxylic acids is 1. The lowest BCUT2D eigenvalue weighted by Crippen LogP contribution is -2.48. The van der Waals surface area contributed by atoms with Crippen LogP contribution < -0.4 is 0 Å². The van der Waals surface area contributed by atoms with Crippen LogP contribution in [0.3, 0.4) is 0 Å². The van der Waals surface area contributed by atoms with Crippen molar-refractivity contribution in [2.75, 3.05) is 13.1 Å². The number of amides is 1. The summed E-state index contributed by atoms with van der Waals surface area (Å²) in [5.41, 5.74) is 0.0653. The molecular formula is C15H18ClNO3. The molecule has 1 unspecified atom stereocenters. The topological polar surface area (TPSA) is 57.6 Å². The fourth-order valence-electron chi connectivity index (χ4n) is 2.52. The van der Waals surface area contributed by atoms with Crippen LogP contribution in [0.5, 0.6) is 0 Å². The van der Waals surface area contributed by atoms with E-state index in [-0.39, 0.29) is 18.9 Å². The summed E-state index contributed by atoms with van der Waals surface area (Å²) >= 11 is 5.81. The van der Waals surface area contributed by atoms with Crippen LogP contribution in [0.1, 0.15) is 25.3 Å². The van der Waals surface area contributed by atoms with E-state index in [0.717, 1.165) is 12.0 Å². The Morgan fingerprint density at radius 1 is 1.35 bits per heavy atom. The maximum absolute atomic E-state index is 12.3. The van der Waals surface area contributed by atoms with Gasteiger partial charge in [-0.15, -0.1) is 0 Å². The van der Waals surface area contributed by atoms with Gasteiger partial charge in [-0.1, -0.05) is 23.7 Å². The van der Waals surface area contributed by atoms with Crippen molar-refractivity contribution in [2.24, 2.45) is 5.41 Å². The van der Waals surface area contributed by atoms with E-state index in [1.54, 1.807) is 24.0 Å². The largest absolute Gasteiger partial charge is 0.481 e. The molecule has 0 aliphatic carbocycles. The molecule has 0 spiro atoms. The third kappa shape index (κ3) is 3.31. The normalized spacial score (nSPS) is 22.6. The second-order valence-corrected chi connectivity index (χ2v) is 6.02. The van der Waals surface area contributed by atoms with Crippen LogP contribution in [-0.2, 0) is 16.0 Å². The van der Waals surface area contributed by atoms with Crippen LogP contribution in [0.25, 0.3) is 0 Å². The molecule has 0 saturated carbocycles. The van der Waals surface area contributed by atoms with Crippen LogP contribution in [0.15, 0.2) is 24.3 Å². The van der Waals surface area contributed by atoms with Crippen LogP contribution >= 0.6 is 11.6 Å². The van der Waals surface area contributed by atoms with Crippen molar-refractivity contribution in [3.63, 3.8) is 0 Å². The van der Waals surface area contributed by atoms with Gasteiger partial charge < -0.3 is 10.0 Å². The van der Waals surface area contributed by atoms with Crippen molar-refractivity contribution in [1.82, 2.24) is 4.90 Å². The number of likely N-dealkylation sites (tertiary alicyclic amines) is 1. The third-order valence-electron chi connectivity index (χ3n) is 3.83. The molecule has 1 aromatic rings. The third-order valence-corrected chi connectivity index (χ3v) is 4.09. The van der Waals surface area contributed by atoms with Crippen molar-refractivity contribution in [3.8, 4) is 0 Å². The Hall–Kier alpha value is -1.55. The predicted molar refractivity (Wildman–Crippen MR) is 76.7 cm³/mol. The summed E-state index contributed by atoms with van der Waals surface area (Å²) in [6.07, 6.45) is 1.63. The summed E-state index contributed by atoms with van der Waals surface area (Å²) < 4.78 is 0. The van der Waals surface area contributed by atoms with E-state index >= 15 is 0 Å². The zero-order valence-corrected chi connectivity index (χ0v) is 12.2. The minimum Gasteiger partial charge on any atom is -0.481 e. The molecule has 1 heterocycles. The molecule has 0 radical (unpaired) electrons. The second kappa shape index (κ2) is 5.83. The van der Waals surface area contributed by atoms with Crippen LogP contribution in [0.2, 0.25) is 5.02 Å². The molecule has 1 atom stereocenters. The lowest BCUT2D eigenvalue weighted by molar-refractivity contribution is -0.153. The minimum absolute atomic E-state index is 0.0282. The molecule has 108 valence electrons. The molecule has 5 heteroatoms. The Kier molecular flexibility index (Phi) is 4.33. The highest BCUT2D eigenvalue weighted by Crippen LogP contribution is 2.30. The number of piperidine rings is 1. The molecule has 1 N–H and O–H groups in total. The SMILES string of the molecule is CC1(C(=O)O)CCCN(C(=O)Cc2ccc(Cl)cc2)C1. The first-order valence-electron chi connectivity index (χ1n) is 6.66. The van der Waals surface area contributed by atoms with Crippen molar-refractivity contribution in [1.29, 1.82) is 0 Å². The fraction of sp³-hybridized carbons (Fsp3) is 0.467. The summed E-state index contributed by atoms with van der Waals surface area (Å²) in [4.78, 5) is 25.2. The van der Waals surface area contributed by atoms with Gasteiger partial charge in [-0.3, -0.25) is 9.59 Å². The van der Waals surface area contributed by atoms with E-state index in [2.05, 4.69) is 0 Å². The standard InChI is InChI=1S/C15H18ClNO3/c1-15(14(19)20)7-2-8-17(10-15)13(18)9-11-3-5-12(16)6-4-11/h3-6H,2,7-10H2,1H3,(H,19,20). The first-order chi connectivity index (χ1) is 9.40. The molecule has 0 aromatic heterocycles. The lowest BCUT2D eigenvalue weighted by atomic mass is 9.82. The molecule has 1 fully saturated rings. The number of carboxylic acid groups (broad SMARTS) is 1. The Labute approximate surface area is 123 Å². The lowest BCUT2D eigenvalue weighted by Gasteiger charge is -2.37. The van der Waals surface area contributed by atoms with E-state index < -0.39 is 11.4 Å². The molecular weight excluding hydrogens is 278 g/mol. The van der Waals surface area contributed by atoms with Crippen molar-refractivity contribution in [2.45, 2.75) is 26.2 Å². The van der Waals surface area contributed by atoms with Crippen LogP contribution in [0, 0.1) is 5.41 Å². The van der Waals surface area contributed by atoms with Gasteiger partial charge in [-0.25, -0.2) is 0 Å². The minimum atomic E-state index is -0.832. The van der Waals surface area contributed by atoms with Crippen LogP contribution in [-0.4, -0.2) is 35.0 Å². The van der Waals surface area contributed by atoms with Gasteiger partial charge in [0.2, 0.25) is 5.91 Å². The van der Waals surface area contributed by atoms with E-state index in [0.29, 0.717) is 18.0 Å². The molecule has 1 aromatic carbocycles. The maximum Gasteiger partial charge on any atom is 0.311 e. The van der Waals surface area contributed by atoms with Gasteiger partial charge in [0.05, 0.1) is 11.8 Å². The number of hydrogen-bond donors (Lipinski definition) is 1. The molecule has 4 nitrogen and oxygen atoms in total. The van der Waals surface area contributed by atoms with Gasteiger partial charge >= 0.3 is 5.97 Å². The number of rotatable bonds is 3. The monoisotopic (exact) mass is 295 g/mol. The first kappa shape index (κ1) is 14.9. The van der Waals surface area contributed by atoms with E-state index in [4.69, 9.17) is 11.6 Å². The molecule has 2 rings (SSSR count). The molecule has 1 aliphatic heterocycles. The smallest absolute Gasteiger partial charge is 0.311 e. The van der Waals surface area contributed by atoms with Gasteiger partial charge in [-0.2, -0.15) is 0 Å². The van der Waals surface area contributed by atoms with Gasteiger partial charge in [0.1, 0.15) is 0 Å². The Morgan fingerprint density at radius 3 is 2.60 bits per heavy atom. The summed E-state index contributed by atoms with van der Waals surface area (Å²) in [7, 11) is 0. The maximum atomic E-state index is 12.3. The van der Waals surface area contributed by atoms with Gasteiger partial charge in [0, 0.05) is 18.1 Å². The Morgan fingerprint density at radius 2 is 2.00 bits per heavy atom. The van der Waals surface area contributed by atoms with Gasteiger partial charge in [-0.05, 0) is 37.5 Å². The van der Waals surface area contributed by atoms with Crippen molar-refractivity contribution in [3.05, 3.63) is 34.9 Å². The van der Waals surface area contributed by atoms with Crippen molar-refractivity contribution < 1.29 is 14.7 Å². The van der Waals surface area contributed by atoms with Crippen LogP contribution in [0.4, 0.5) is 0 Å². The zero-order valence-electron chi connectivity index (χ0n) is 11.4. The Balaban J connectivity index is 2.02. The molecule has 1 aliphatic rings. The zero-order chi connectivity index (χ0) is 14.8. The molecule has 20 heavy (non-hydrogen) atoms. The average Bonchev–Trinajstić information content (AvgIpc) is 2.41. The molecule has 0 bridgehead atoms.